The van der Waals surface area contributed by atoms with E-state index in [0.29, 0.717) is 5.56 Å². The van der Waals surface area contributed by atoms with E-state index in [1.165, 1.54) is 0 Å². The van der Waals surface area contributed by atoms with Crippen molar-refractivity contribution in [2.24, 2.45) is 0 Å². The monoisotopic (exact) mass is 426 g/mol. The van der Waals surface area contributed by atoms with E-state index in [-0.39, 0.29) is 11.4 Å². The molecule has 0 amide bonds. The largest absolute Gasteiger partial charge is 0.378 e. The van der Waals surface area contributed by atoms with Gasteiger partial charge in [-0.15, -0.1) is 10.2 Å². The number of H-pyrrole nitrogens is 2. The van der Waals surface area contributed by atoms with Crippen molar-refractivity contribution in [3.63, 3.8) is 0 Å². The SMILES string of the molecule is CCCC=Cc1ccc(-c2cc(-c3ccc(N(C)C)cc3)c(-c3nn[nH]n3)c(=O)[nH]2)cc1. The molecule has 0 radical (unpaired) electrons. The number of aromatic amines is 2. The van der Waals surface area contributed by atoms with Gasteiger partial charge in [-0.1, -0.05) is 61.9 Å². The topological polar surface area (TPSA) is 90.6 Å². The summed E-state index contributed by atoms with van der Waals surface area (Å²) in [5.41, 5.74) is 5.66. The molecule has 0 atom stereocenters. The molecule has 0 saturated carbocycles. The van der Waals surface area contributed by atoms with Gasteiger partial charge < -0.3 is 9.88 Å². The zero-order valence-corrected chi connectivity index (χ0v) is 18.5. The standard InChI is InChI=1S/C25H26N6O/c1-4-5-6-7-17-8-10-19(11-9-17)22-16-21(18-12-14-20(15-13-18)31(2)3)23(25(32)26-22)24-27-29-30-28-24/h6-16H,4-5H2,1-3H3,(H,26,32)(H,27,28,29,30). The van der Waals surface area contributed by atoms with Crippen molar-refractivity contribution in [2.45, 2.75) is 19.8 Å². The minimum absolute atomic E-state index is 0.262. The van der Waals surface area contributed by atoms with Crippen LogP contribution in [0.3, 0.4) is 0 Å². The Kier molecular flexibility index (Phi) is 6.26. The highest BCUT2D eigenvalue weighted by Gasteiger charge is 2.18. The molecule has 0 spiro atoms. The average Bonchev–Trinajstić information content (AvgIpc) is 3.33. The van der Waals surface area contributed by atoms with Gasteiger partial charge in [0, 0.05) is 31.0 Å². The van der Waals surface area contributed by atoms with Crippen LogP contribution >= 0.6 is 0 Å². The van der Waals surface area contributed by atoms with Crippen LogP contribution in [0.2, 0.25) is 0 Å². The number of hydrogen-bond donors (Lipinski definition) is 2. The smallest absolute Gasteiger partial charge is 0.260 e. The minimum atomic E-state index is -0.262. The molecule has 0 aliphatic carbocycles. The number of benzene rings is 2. The number of aromatic nitrogens is 5. The molecule has 7 heteroatoms. The third-order valence-electron chi connectivity index (χ3n) is 5.28. The summed E-state index contributed by atoms with van der Waals surface area (Å²) in [4.78, 5) is 18.1. The Morgan fingerprint density at radius 1 is 1.00 bits per heavy atom. The maximum absolute atomic E-state index is 13.1. The zero-order valence-electron chi connectivity index (χ0n) is 18.5. The van der Waals surface area contributed by atoms with E-state index < -0.39 is 0 Å². The first-order valence-corrected chi connectivity index (χ1v) is 10.6. The summed E-state index contributed by atoms with van der Waals surface area (Å²) >= 11 is 0. The van der Waals surface area contributed by atoms with E-state index in [9.17, 15) is 4.79 Å². The Hall–Kier alpha value is -4.00. The van der Waals surface area contributed by atoms with E-state index in [4.69, 9.17) is 0 Å². The van der Waals surface area contributed by atoms with Crippen LogP contribution in [0.1, 0.15) is 25.3 Å². The predicted octanol–water partition coefficient (Wildman–Crippen LogP) is 4.77. The fourth-order valence-corrected chi connectivity index (χ4v) is 3.53. The van der Waals surface area contributed by atoms with Crippen LogP contribution in [0.25, 0.3) is 39.8 Å². The number of hydrogen-bond acceptors (Lipinski definition) is 5. The first-order chi connectivity index (χ1) is 15.6. The van der Waals surface area contributed by atoms with Gasteiger partial charge in [0.1, 0.15) is 0 Å². The molecule has 0 bridgehead atoms. The summed E-state index contributed by atoms with van der Waals surface area (Å²) in [6, 6.07) is 18.2. The first kappa shape index (κ1) is 21.2. The second-order valence-corrected chi connectivity index (χ2v) is 7.79. The molecule has 162 valence electrons. The molecule has 4 rings (SSSR count). The summed E-state index contributed by atoms with van der Waals surface area (Å²) in [5, 5.41) is 14.2. The molecule has 0 fully saturated rings. The van der Waals surface area contributed by atoms with Crippen molar-refractivity contribution < 1.29 is 0 Å². The van der Waals surface area contributed by atoms with Gasteiger partial charge >= 0.3 is 0 Å². The summed E-state index contributed by atoms with van der Waals surface area (Å²) in [6.07, 6.45) is 6.47. The molecule has 32 heavy (non-hydrogen) atoms. The Balaban J connectivity index is 1.80. The molecule has 0 saturated heterocycles. The highest BCUT2D eigenvalue weighted by Crippen LogP contribution is 2.31. The van der Waals surface area contributed by atoms with Gasteiger partial charge in [0.05, 0.1) is 5.56 Å². The molecular weight excluding hydrogens is 400 g/mol. The Morgan fingerprint density at radius 3 is 2.34 bits per heavy atom. The molecule has 4 aromatic rings. The van der Waals surface area contributed by atoms with Crippen LogP contribution in [0.15, 0.2) is 65.5 Å². The lowest BCUT2D eigenvalue weighted by Crippen LogP contribution is -2.13. The number of anilines is 1. The van der Waals surface area contributed by atoms with Crippen LogP contribution in [0.5, 0.6) is 0 Å². The Bertz CT molecular complexity index is 1250. The van der Waals surface area contributed by atoms with E-state index >= 15 is 0 Å². The maximum Gasteiger partial charge on any atom is 0.260 e. The van der Waals surface area contributed by atoms with Crippen LogP contribution in [-0.4, -0.2) is 39.7 Å². The van der Waals surface area contributed by atoms with Crippen LogP contribution in [-0.2, 0) is 0 Å². The van der Waals surface area contributed by atoms with E-state index in [1.807, 2.05) is 61.5 Å². The molecule has 2 aromatic heterocycles. The highest BCUT2D eigenvalue weighted by molar-refractivity contribution is 5.83. The fraction of sp³-hybridized carbons (Fsp3) is 0.200. The summed E-state index contributed by atoms with van der Waals surface area (Å²) in [6.45, 7) is 2.16. The normalized spacial score (nSPS) is 11.2. The number of nitrogens with one attached hydrogen (secondary N) is 2. The van der Waals surface area contributed by atoms with E-state index in [0.717, 1.165) is 46.5 Å². The molecule has 0 aliphatic rings. The Morgan fingerprint density at radius 2 is 1.72 bits per heavy atom. The van der Waals surface area contributed by atoms with Gasteiger partial charge in [-0.05, 0) is 46.5 Å². The van der Waals surface area contributed by atoms with Crippen molar-refractivity contribution in [3.05, 3.63) is 76.6 Å². The molecule has 7 nitrogen and oxygen atoms in total. The molecule has 2 heterocycles. The fourth-order valence-electron chi connectivity index (χ4n) is 3.53. The maximum atomic E-state index is 13.1. The lowest BCUT2D eigenvalue weighted by Gasteiger charge is -2.14. The van der Waals surface area contributed by atoms with E-state index in [2.05, 4.69) is 56.8 Å². The third kappa shape index (κ3) is 4.51. The van der Waals surface area contributed by atoms with Gasteiger partial charge in [-0.2, -0.15) is 5.21 Å². The number of nitrogens with zero attached hydrogens (tertiary/aromatic N) is 4. The molecule has 0 unspecified atom stereocenters. The van der Waals surface area contributed by atoms with Gasteiger partial charge in [0.25, 0.3) is 5.56 Å². The van der Waals surface area contributed by atoms with Gasteiger partial charge in [0.2, 0.25) is 5.82 Å². The van der Waals surface area contributed by atoms with Crippen molar-refractivity contribution in [1.82, 2.24) is 25.6 Å². The number of tetrazole rings is 1. The van der Waals surface area contributed by atoms with Crippen LogP contribution < -0.4 is 10.5 Å². The molecular formula is C25H26N6O. The van der Waals surface area contributed by atoms with Crippen LogP contribution in [0, 0.1) is 0 Å². The summed E-state index contributed by atoms with van der Waals surface area (Å²) < 4.78 is 0. The Labute approximate surface area is 186 Å². The summed E-state index contributed by atoms with van der Waals surface area (Å²) in [5.74, 6) is 0.265. The lowest BCUT2D eigenvalue weighted by atomic mass is 9.97. The third-order valence-corrected chi connectivity index (χ3v) is 5.28. The van der Waals surface area contributed by atoms with Gasteiger partial charge in [-0.3, -0.25) is 4.79 Å². The highest BCUT2D eigenvalue weighted by atomic mass is 16.1. The predicted molar refractivity (Wildman–Crippen MR) is 129 cm³/mol. The molecule has 0 aliphatic heterocycles. The summed E-state index contributed by atoms with van der Waals surface area (Å²) in [7, 11) is 3.98. The van der Waals surface area contributed by atoms with E-state index in [1.54, 1.807) is 0 Å². The number of unbranched alkanes of at least 4 members (excludes halogenated alkanes) is 1. The minimum Gasteiger partial charge on any atom is -0.378 e. The number of pyridine rings is 1. The lowest BCUT2D eigenvalue weighted by molar-refractivity contribution is 0.881. The average molecular weight is 427 g/mol. The number of rotatable bonds is 7. The first-order valence-electron chi connectivity index (χ1n) is 10.6. The van der Waals surface area contributed by atoms with Gasteiger partial charge in [-0.25, -0.2) is 0 Å². The van der Waals surface area contributed by atoms with Crippen molar-refractivity contribution in [2.75, 3.05) is 19.0 Å². The quantitative estimate of drug-likeness (QED) is 0.444. The number of allylic oxidation sites excluding steroid dienone is 1. The molecule has 2 aromatic carbocycles. The van der Waals surface area contributed by atoms with Crippen molar-refractivity contribution in [3.8, 4) is 33.8 Å². The van der Waals surface area contributed by atoms with Crippen molar-refractivity contribution in [1.29, 1.82) is 0 Å². The second-order valence-electron chi connectivity index (χ2n) is 7.79. The van der Waals surface area contributed by atoms with Gasteiger partial charge in [0.15, 0.2) is 0 Å². The van der Waals surface area contributed by atoms with Crippen LogP contribution in [0.4, 0.5) is 5.69 Å². The molecule has 2 N–H and O–H groups in total. The zero-order chi connectivity index (χ0) is 22.5. The van der Waals surface area contributed by atoms with Crippen molar-refractivity contribution >= 4 is 11.8 Å². The second kappa shape index (κ2) is 9.43.